The molecular weight excluding hydrogens is 496 g/mol. The zero-order valence-electron chi connectivity index (χ0n) is 19.3. The highest BCUT2D eigenvalue weighted by Crippen LogP contribution is 2.50. The number of aromatic hydroxyl groups is 1. The summed E-state index contributed by atoms with van der Waals surface area (Å²) in [6, 6.07) is 16.7. The lowest BCUT2D eigenvalue weighted by Crippen LogP contribution is -2.01. The molecular formula is C26H16N4O8. The highest BCUT2D eigenvalue weighted by molar-refractivity contribution is 6.28. The summed E-state index contributed by atoms with van der Waals surface area (Å²) in [5.41, 5.74) is 0.895. The Morgan fingerprint density at radius 3 is 1.79 bits per heavy atom. The number of aliphatic hydroxyl groups excluding tert-OH is 1. The number of phenolic OH excluding ortho intramolecular Hbond substituents is 1. The van der Waals surface area contributed by atoms with E-state index in [1.165, 1.54) is 36.4 Å². The molecule has 12 heteroatoms. The van der Waals surface area contributed by atoms with Crippen LogP contribution < -0.4 is 0 Å². The second kappa shape index (κ2) is 9.19. The standard InChI is InChI=1S/C26H16N4O8/c31-13-14-1-5-16(6-2-14)27-26-21-10-17(28(33)34)9-20(15-3-7-19(32)8-4-15)24(21)25-22(26)11-18(29(35)36)12-23(25)30(37)38/h1-12,31-32H,13H2. The third kappa shape index (κ3) is 4.10. The Morgan fingerprint density at radius 2 is 1.24 bits per heavy atom. The summed E-state index contributed by atoms with van der Waals surface area (Å²) in [7, 11) is 0. The molecule has 2 N–H and O–H groups in total. The van der Waals surface area contributed by atoms with Gasteiger partial charge in [0.2, 0.25) is 0 Å². The van der Waals surface area contributed by atoms with E-state index in [2.05, 4.69) is 4.99 Å². The summed E-state index contributed by atoms with van der Waals surface area (Å²) in [5.74, 6) is -0.0496. The third-order valence-corrected chi connectivity index (χ3v) is 6.14. The summed E-state index contributed by atoms with van der Waals surface area (Å²) >= 11 is 0. The van der Waals surface area contributed by atoms with Crippen molar-refractivity contribution in [2.24, 2.45) is 4.99 Å². The SMILES string of the molecule is O=[N+]([O-])c1cc2c(c(-c3ccc(O)cc3)c1)-c1c(cc([N+](=O)[O-])cc1[N+](=O)[O-])C2=Nc1ccc(CO)cc1. The van der Waals surface area contributed by atoms with Gasteiger partial charge in [0.15, 0.2) is 0 Å². The smallest absolute Gasteiger partial charge is 0.284 e. The van der Waals surface area contributed by atoms with Crippen molar-refractivity contribution in [1.29, 1.82) is 0 Å². The van der Waals surface area contributed by atoms with E-state index in [-0.39, 0.29) is 51.6 Å². The molecule has 0 atom stereocenters. The summed E-state index contributed by atoms with van der Waals surface area (Å²) < 4.78 is 0. The number of aliphatic hydroxyl groups is 1. The number of nitro benzene ring substituents is 3. The first-order chi connectivity index (χ1) is 18.2. The van der Waals surface area contributed by atoms with Gasteiger partial charge in [-0.15, -0.1) is 0 Å². The molecule has 188 valence electrons. The van der Waals surface area contributed by atoms with E-state index in [4.69, 9.17) is 0 Å². The molecule has 0 radical (unpaired) electrons. The number of hydrogen-bond donors (Lipinski definition) is 2. The quantitative estimate of drug-likeness (QED) is 0.223. The molecule has 1 aliphatic carbocycles. The van der Waals surface area contributed by atoms with Gasteiger partial charge in [-0.05, 0) is 41.0 Å². The first-order valence-electron chi connectivity index (χ1n) is 11.1. The molecule has 0 fully saturated rings. The summed E-state index contributed by atoms with van der Waals surface area (Å²) in [6.07, 6.45) is 0. The van der Waals surface area contributed by atoms with Crippen molar-refractivity contribution in [2.45, 2.75) is 6.61 Å². The van der Waals surface area contributed by atoms with Crippen molar-refractivity contribution in [2.75, 3.05) is 0 Å². The predicted molar refractivity (Wildman–Crippen MR) is 137 cm³/mol. The van der Waals surface area contributed by atoms with Crippen LogP contribution in [0.3, 0.4) is 0 Å². The van der Waals surface area contributed by atoms with Gasteiger partial charge in [0.05, 0.1) is 44.4 Å². The molecule has 0 saturated carbocycles. The Labute approximate surface area is 213 Å². The monoisotopic (exact) mass is 512 g/mol. The van der Waals surface area contributed by atoms with Crippen LogP contribution in [0.4, 0.5) is 22.7 Å². The second-order valence-electron chi connectivity index (χ2n) is 8.41. The molecule has 4 aromatic carbocycles. The Hall–Kier alpha value is -5.49. The van der Waals surface area contributed by atoms with Gasteiger partial charge in [-0.25, -0.2) is 4.99 Å². The van der Waals surface area contributed by atoms with Crippen LogP contribution in [-0.4, -0.2) is 30.7 Å². The number of hydrogen-bond acceptors (Lipinski definition) is 9. The fourth-order valence-corrected chi connectivity index (χ4v) is 4.44. The van der Waals surface area contributed by atoms with Gasteiger partial charge < -0.3 is 10.2 Å². The van der Waals surface area contributed by atoms with Crippen molar-refractivity contribution in [3.63, 3.8) is 0 Å². The highest BCUT2D eigenvalue weighted by Gasteiger charge is 2.38. The van der Waals surface area contributed by atoms with Crippen LogP contribution in [0.2, 0.25) is 0 Å². The Morgan fingerprint density at radius 1 is 0.684 bits per heavy atom. The lowest BCUT2D eigenvalue weighted by molar-refractivity contribution is -0.393. The van der Waals surface area contributed by atoms with Crippen LogP contribution in [0.25, 0.3) is 22.3 Å². The molecule has 0 amide bonds. The molecule has 0 saturated heterocycles. The molecule has 38 heavy (non-hydrogen) atoms. The Bertz CT molecular complexity index is 1680. The predicted octanol–water partition coefficient (Wildman–Crippen LogP) is 5.43. The lowest BCUT2D eigenvalue weighted by atomic mass is 9.92. The molecule has 0 spiro atoms. The zero-order valence-corrected chi connectivity index (χ0v) is 19.3. The van der Waals surface area contributed by atoms with Crippen molar-refractivity contribution in [3.05, 3.63) is 120 Å². The Kier molecular flexibility index (Phi) is 5.85. The average Bonchev–Trinajstić information content (AvgIpc) is 3.21. The first kappa shape index (κ1) is 24.2. The van der Waals surface area contributed by atoms with Crippen LogP contribution in [0.1, 0.15) is 16.7 Å². The van der Waals surface area contributed by atoms with Gasteiger partial charge >= 0.3 is 0 Å². The maximum atomic E-state index is 12.1. The molecule has 0 unspecified atom stereocenters. The van der Waals surface area contributed by atoms with Gasteiger partial charge in [-0.1, -0.05) is 24.3 Å². The van der Waals surface area contributed by atoms with E-state index in [1.807, 2.05) is 0 Å². The number of phenols is 1. The summed E-state index contributed by atoms with van der Waals surface area (Å²) in [4.78, 5) is 38.1. The number of rotatable bonds is 6. The van der Waals surface area contributed by atoms with Gasteiger partial charge in [0.1, 0.15) is 5.75 Å². The molecule has 5 rings (SSSR count). The Balaban J connectivity index is 1.92. The van der Waals surface area contributed by atoms with Crippen molar-refractivity contribution in [3.8, 4) is 28.0 Å². The van der Waals surface area contributed by atoms with Crippen molar-refractivity contribution < 1.29 is 25.0 Å². The van der Waals surface area contributed by atoms with Gasteiger partial charge in [-0.2, -0.15) is 0 Å². The summed E-state index contributed by atoms with van der Waals surface area (Å²) in [6.45, 7) is -0.205. The van der Waals surface area contributed by atoms with Crippen molar-refractivity contribution >= 4 is 28.5 Å². The van der Waals surface area contributed by atoms with E-state index < -0.39 is 26.1 Å². The number of aliphatic imine (C=N–C) groups is 1. The molecule has 0 heterocycles. The maximum Gasteiger partial charge on any atom is 0.284 e. The maximum absolute atomic E-state index is 12.1. The van der Waals surface area contributed by atoms with E-state index in [0.29, 0.717) is 16.8 Å². The number of nitrogens with zero attached hydrogens (tertiary/aromatic N) is 4. The fourth-order valence-electron chi connectivity index (χ4n) is 4.44. The normalized spacial score (nSPS) is 12.7. The molecule has 0 bridgehead atoms. The lowest BCUT2D eigenvalue weighted by Gasteiger charge is -2.11. The third-order valence-electron chi connectivity index (χ3n) is 6.14. The van der Waals surface area contributed by atoms with E-state index in [9.17, 15) is 40.6 Å². The molecule has 4 aromatic rings. The first-order valence-corrected chi connectivity index (χ1v) is 11.1. The largest absolute Gasteiger partial charge is 0.508 e. The minimum atomic E-state index is -0.757. The van der Waals surface area contributed by atoms with Crippen LogP contribution in [0.5, 0.6) is 5.75 Å². The van der Waals surface area contributed by atoms with Gasteiger partial charge in [0, 0.05) is 34.9 Å². The van der Waals surface area contributed by atoms with Crippen LogP contribution in [0.15, 0.2) is 77.8 Å². The number of non-ortho nitro benzene ring substituents is 2. The van der Waals surface area contributed by atoms with E-state index in [0.717, 1.165) is 12.1 Å². The highest BCUT2D eigenvalue weighted by atomic mass is 16.6. The minimum Gasteiger partial charge on any atom is -0.508 e. The van der Waals surface area contributed by atoms with E-state index in [1.54, 1.807) is 24.3 Å². The zero-order chi connectivity index (χ0) is 27.1. The second-order valence-corrected chi connectivity index (χ2v) is 8.41. The van der Waals surface area contributed by atoms with Crippen molar-refractivity contribution in [1.82, 2.24) is 0 Å². The average molecular weight is 512 g/mol. The minimum absolute atomic E-state index is 0.0410. The fraction of sp³-hybridized carbons (Fsp3) is 0.0385. The molecule has 0 aliphatic heterocycles. The molecule has 12 nitrogen and oxygen atoms in total. The van der Waals surface area contributed by atoms with Gasteiger partial charge in [0.25, 0.3) is 17.1 Å². The number of fused-ring (bicyclic) bond motifs is 3. The molecule has 0 aromatic heterocycles. The number of nitro groups is 3. The van der Waals surface area contributed by atoms with Crippen LogP contribution in [-0.2, 0) is 6.61 Å². The number of benzene rings is 4. The van der Waals surface area contributed by atoms with Crippen LogP contribution in [0, 0.1) is 30.3 Å². The van der Waals surface area contributed by atoms with E-state index >= 15 is 0 Å². The van der Waals surface area contributed by atoms with Gasteiger partial charge in [-0.3, -0.25) is 30.3 Å². The summed E-state index contributed by atoms with van der Waals surface area (Å²) in [5, 5.41) is 54.7. The topological polar surface area (TPSA) is 182 Å². The van der Waals surface area contributed by atoms with Crippen LogP contribution >= 0.6 is 0 Å². The molecule has 1 aliphatic rings.